The van der Waals surface area contributed by atoms with Crippen molar-refractivity contribution < 1.29 is 23.4 Å². The molecule has 0 spiro atoms. The molecule has 0 saturated heterocycles. The van der Waals surface area contributed by atoms with Crippen molar-refractivity contribution in [3.63, 3.8) is 0 Å². The van der Waals surface area contributed by atoms with Crippen molar-refractivity contribution in [1.29, 1.82) is 0 Å². The number of halogens is 2. The summed E-state index contributed by atoms with van der Waals surface area (Å²) in [6, 6.07) is 22.4. The van der Waals surface area contributed by atoms with E-state index >= 15 is 0 Å². The summed E-state index contributed by atoms with van der Waals surface area (Å²) in [4.78, 5) is 20.9. The molecule has 0 aliphatic rings. The van der Waals surface area contributed by atoms with Gasteiger partial charge in [-0.25, -0.2) is 19.2 Å². The van der Waals surface area contributed by atoms with Gasteiger partial charge in [0, 0.05) is 17.9 Å². The first-order chi connectivity index (χ1) is 20.0. The van der Waals surface area contributed by atoms with E-state index in [0.29, 0.717) is 40.9 Å². The van der Waals surface area contributed by atoms with Gasteiger partial charge in [-0.05, 0) is 61.0 Å². The molecule has 210 valence electrons. The maximum absolute atomic E-state index is 13.4. The number of fused-ring (bicyclic) bond motifs is 1. The smallest absolute Gasteiger partial charge is 0.338 e. The molecule has 2 aromatic heterocycles. The zero-order valence-corrected chi connectivity index (χ0v) is 23.1. The van der Waals surface area contributed by atoms with Gasteiger partial charge in [0.05, 0.1) is 29.3 Å². The Labute approximate surface area is 241 Å². The first-order valence-electron chi connectivity index (χ1n) is 13.0. The molecule has 8 nitrogen and oxygen atoms in total. The third kappa shape index (κ3) is 7.19. The highest BCUT2D eigenvalue weighted by Gasteiger charge is 2.14. The van der Waals surface area contributed by atoms with Gasteiger partial charge in [-0.3, -0.25) is 0 Å². The molecule has 0 atom stereocenters. The fourth-order valence-corrected chi connectivity index (χ4v) is 4.56. The molecular weight excluding hydrogens is 547 g/mol. The summed E-state index contributed by atoms with van der Waals surface area (Å²) in [5, 5.41) is 3.74. The van der Waals surface area contributed by atoms with E-state index < -0.39 is 0 Å². The molecule has 2 heterocycles. The molecule has 10 heteroatoms. The quantitative estimate of drug-likeness (QED) is 0.131. The number of esters is 1. The number of carbonyl (C=O) groups is 1. The van der Waals surface area contributed by atoms with Crippen molar-refractivity contribution in [3.05, 3.63) is 113 Å². The summed E-state index contributed by atoms with van der Waals surface area (Å²) >= 11 is 6.49. The van der Waals surface area contributed by atoms with Gasteiger partial charge in [0.1, 0.15) is 36.6 Å². The predicted molar refractivity (Wildman–Crippen MR) is 155 cm³/mol. The van der Waals surface area contributed by atoms with E-state index in [0.717, 1.165) is 22.4 Å². The fourth-order valence-electron chi connectivity index (χ4n) is 4.32. The minimum atomic E-state index is -0.374. The lowest BCUT2D eigenvalue weighted by atomic mass is 10.2. The number of aryl methyl sites for hydroxylation is 1. The lowest BCUT2D eigenvalue weighted by Gasteiger charge is -2.14. The average Bonchev–Trinajstić information content (AvgIpc) is 3.30. The fraction of sp³-hybridized carbons (Fsp3) is 0.194. The molecule has 0 unspecified atom stereocenters. The highest BCUT2D eigenvalue weighted by atomic mass is 35.5. The molecule has 0 aliphatic heterocycles. The second kappa shape index (κ2) is 13.3. The highest BCUT2D eigenvalue weighted by molar-refractivity contribution is 6.32. The average molecular weight is 575 g/mol. The van der Waals surface area contributed by atoms with Crippen LogP contribution in [0.3, 0.4) is 0 Å². The summed E-state index contributed by atoms with van der Waals surface area (Å²) in [5.74, 6) is 0.411. The van der Waals surface area contributed by atoms with Gasteiger partial charge < -0.3 is 24.1 Å². The zero-order chi connectivity index (χ0) is 28.6. The van der Waals surface area contributed by atoms with Crippen molar-refractivity contribution >= 4 is 40.1 Å². The van der Waals surface area contributed by atoms with Gasteiger partial charge >= 0.3 is 5.97 Å². The topological polar surface area (TPSA) is 87.5 Å². The minimum Gasteiger partial charge on any atom is -0.487 e. The van der Waals surface area contributed by atoms with Gasteiger partial charge in [-0.2, -0.15) is 0 Å². The van der Waals surface area contributed by atoms with Gasteiger partial charge in [0.2, 0.25) is 0 Å². The Kier molecular flexibility index (Phi) is 9.08. The van der Waals surface area contributed by atoms with Crippen molar-refractivity contribution in [2.24, 2.45) is 0 Å². The Morgan fingerprint density at radius 2 is 1.83 bits per heavy atom. The van der Waals surface area contributed by atoms with Crippen LogP contribution in [0, 0.1) is 12.7 Å². The number of hydrogen-bond acceptors (Lipinski definition) is 7. The van der Waals surface area contributed by atoms with Crippen LogP contribution >= 0.6 is 11.6 Å². The Morgan fingerprint density at radius 1 is 0.976 bits per heavy atom. The molecule has 0 radical (unpaired) electrons. The van der Waals surface area contributed by atoms with Crippen LogP contribution in [0.1, 0.15) is 21.6 Å². The van der Waals surface area contributed by atoms with Crippen LogP contribution in [0.4, 0.5) is 15.9 Å². The first kappa shape index (κ1) is 28.1. The van der Waals surface area contributed by atoms with E-state index in [2.05, 4.69) is 19.9 Å². The first-order valence-corrected chi connectivity index (χ1v) is 13.4. The maximum atomic E-state index is 13.4. The van der Waals surface area contributed by atoms with Crippen LogP contribution in [0.5, 0.6) is 5.75 Å². The maximum Gasteiger partial charge on any atom is 0.338 e. The number of carbonyl (C=O) groups excluding carboxylic acids is 1. The lowest BCUT2D eigenvalue weighted by Crippen LogP contribution is -2.14. The Bertz CT molecular complexity index is 1640. The largest absolute Gasteiger partial charge is 0.487 e. The Hall–Kier alpha value is -4.47. The molecule has 41 heavy (non-hydrogen) atoms. The van der Waals surface area contributed by atoms with Gasteiger partial charge in [0.15, 0.2) is 5.82 Å². The molecular formula is C31H28ClFN4O4. The highest BCUT2D eigenvalue weighted by Crippen LogP contribution is 2.31. The van der Waals surface area contributed by atoms with E-state index in [1.807, 2.05) is 25.1 Å². The van der Waals surface area contributed by atoms with Gasteiger partial charge in [-0.15, -0.1) is 0 Å². The van der Waals surface area contributed by atoms with Crippen molar-refractivity contribution in [3.8, 4) is 5.75 Å². The standard InChI is InChI=1S/C31H28ClFN4O4/c1-21-16-27-29(37(21)12-13-39-14-15-40-31(38)23-7-3-2-4-8-23)30(35-20-34-27)36-25-10-11-28(26(32)18-25)41-19-22-6-5-9-24(33)17-22/h2-11,16-18,20H,12-15,19H2,1H3,(H,34,35,36). The number of benzene rings is 3. The van der Waals surface area contributed by atoms with E-state index in [1.165, 1.54) is 18.5 Å². The molecule has 0 fully saturated rings. The van der Waals surface area contributed by atoms with Crippen LogP contribution in [0.2, 0.25) is 5.02 Å². The monoisotopic (exact) mass is 574 g/mol. The van der Waals surface area contributed by atoms with Crippen LogP contribution in [0.25, 0.3) is 11.0 Å². The summed E-state index contributed by atoms with van der Waals surface area (Å²) in [7, 11) is 0. The molecule has 0 aliphatic carbocycles. The number of rotatable bonds is 12. The minimum absolute atomic E-state index is 0.164. The van der Waals surface area contributed by atoms with Crippen LogP contribution in [0.15, 0.2) is 85.2 Å². The number of nitrogens with zero attached hydrogens (tertiary/aromatic N) is 3. The SMILES string of the molecule is Cc1cc2ncnc(Nc3ccc(OCc4cccc(F)c4)c(Cl)c3)c2n1CCOCCOC(=O)c1ccccc1. The normalized spacial score (nSPS) is 11.0. The number of ether oxygens (including phenoxy) is 3. The summed E-state index contributed by atoms with van der Waals surface area (Å²) in [6.07, 6.45) is 1.50. The number of hydrogen-bond donors (Lipinski definition) is 1. The molecule has 0 saturated carbocycles. The molecule has 3 aromatic carbocycles. The molecule has 1 N–H and O–H groups in total. The van der Waals surface area contributed by atoms with E-state index in [9.17, 15) is 9.18 Å². The molecule has 5 rings (SSSR count). The third-order valence-electron chi connectivity index (χ3n) is 6.30. The van der Waals surface area contributed by atoms with Crippen LogP contribution in [-0.2, 0) is 22.6 Å². The third-order valence-corrected chi connectivity index (χ3v) is 6.59. The number of aromatic nitrogens is 3. The van der Waals surface area contributed by atoms with Gasteiger partial charge in [0.25, 0.3) is 0 Å². The molecule has 5 aromatic rings. The zero-order valence-electron chi connectivity index (χ0n) is 22.3. The van der Waals surface area contributed by atoms with E-state index in [-0.39, 0.29) is 31.6 Å². The second-order valence-electron chi connectivity index (χ2n) is 9.20. The Morgan fingerprint density at radius 3 is 2.63 bits per heavy atom. The van der Waals surface area contributed by atoms with E-state index in [1.54, 1.807) is 48.5 Å². The number of anilines is 2. The molecule has 0 amide bonds. The van der Waals surface area contributed by atoms with Crippen molar-refractivity contribution in [2.45, 2.75) is 20.1 Å². The van der Waals surface area contributed by atoms with E-state index in [4.69, 9.17) is 25.8 Å². The summed E-state index contributed by atoms with van der Waals surface area (Å²) in [6.45, 7) is 3.60. The molecule has 0 bridgehead atoms. The Balaban J connectivity index is 1.19. The van der Waals surface area contributed by atoms with Crippen molar-refractivity contribution in [1.82, 2.24) is 14.5 Å². The predicted octanol–water partition coefficient (Wildman–Crippen LogP) is 6.73. The summed E-state index contributed by atoms with van der Waals surface area (Å²) < 4.78 is 32.3. The second-order valence-corrected chi connectivity index (χ2v) is 9.60. The van der Waals surface area contributed by atoms with Gasteiger partial charge in [-0.1, -0.05) is 41.9 Å². The summed E-state index contributed by atoms with van der Waals surface area (Å²) in [5.41, 5.74) is 4.55. The lowest BCUT2D eigenvalue weighted by molar-refractivity contribution is 0.0307. The number of nitrogens with one attached hydrogen (secondary N) is 1. The van der Waals surface area contributed by atoms with Crippen LogP contribution in [-0.4, -0.2) is 40.3 Å². The van der Waals surface area contributed by atoms with Crippen LogP contribution < -0.4 is 10.1 Å². The van der Waals surface area contributed by atoms with Crippen molar-refractivity contribution in [2.75, 3.05) is 25.1 Å².